The highest BCUT2D eigenvalue weighted by atomic mass is 14.9. The summed E-state index contributed by atoms with van der Waals surface area (Å²) in [6.45, 7) is 12.4. The number of rotatable bonds is 6. The van der Waals surface area contributed by atoms with Gasteiger partial charge in [0, 0.05) is 5.54 Å². The van der Waals surface area contributed by atoms with E-state index >= 15 is 0 Å². The second kappa shape index (κ2) is 6.42. The smallest absolute Gasteiger partial charge is 0.00965 e. The van der Waals surface area contributed by atoms with Gasteiger partial charge in [0.2, 0.25) is 0 Å². The molecule has 0 aliphatic heterocycles. The summed E-state index contributed by atoms with van der Waals surface area (Å²) < 4.78 is 0. The number of hydrogen-bond acceptors (Lipinski definition) is 1. The molecule has 0 spiro atoms. The normalized spacial score (nSPS) is 12.5. The third-order valence-corrected chi connectivity index (χ3v) is 2.11. The Labute approximate surface area is 84.3 Å². The van der Waals surface area contributed by atoms with Crippen LogP contribution in [0.5, 0.6) is 0 Å². The van der Waals surface area contributed by atoms with E-state index in [4.69, 9.17) is 0 Å². The van der Waals surface area contributed by atoms with Gasteiger partial charge in [-0.05, 0) is 39.7 Å². The standard InChI is InChI=1S/C12H27N/c1-11(2)9-7-6-8-10-13-12(3,4)5/h11,13H,6-10H2,1-5H3. The lowest BCUT2D eigenvalue weighted by Crippen LogP contribution is -2.36. The predicted molar refractivity (Wildman–Crippen MR) is 61.1 cm³/mol. The highest BCUT2D eigenvalue weighted by Gasteiger charge is 2.06. The van der Waals surface area contributed by atoms with E-state index in [1.807, 2.05) is 0 Å². The molecule has 0 saturated heterocycles. The fourth-order valence-electron chi connectivity index (χ4n) is 1.32. The summed E-state index contributed by atoms with van der Waals surface area (Å²) in [5.41, 5.74) is 0.290. The zero-order valence-corrected chi connectivity index (χ0v) is 10.1. The molecule has 0 heterocycles. The Morgan fingerprint density at radius 3 is 2.08 bits per heavy atom. The van der Waals surface area contributed by atoms with Crippen LogP contribution in [0.4, 0.5) is 0 Å². The molecule has 0 aromatic carbocycles. The van der Waals surface area contributed by atoms with Crippen LogP contribution >= 0.6 is 0 Å². The monoisotopic (exact) mass is 185 g/mol. The molecular formula is C12H27N. The Kier molecular flexibility index (Phi) is 6.40. The summed E-state index contributed by atoms with van der Waals surface area (Å²) in [5, 5.41) is 3.51. The van der Waals surface area contributed by atoms with Crippen LogP contribution < -0.4 is 5.32 Å². The number of unbranched alkanes of at least 4 members (excludes halogenated alkanes) is 2. The van der Waals surface area contributed by atoms with Gasteiger partial charge in [-0.1, -0.05) is 33.1 Å². The van der Waals surface area contributed by atoms with Crippen molar-refractivity contribution >= 4 is 0 Å². The quantitative estimate of drug-likeness (QED) is 0.624. The zero-order valence-electron chi connectivity index (χ0n) is 10.1. The average Bonchev–Trinajstić information content (AvgIpc) is 1.93. The van der Waals surface area contributed by atoms with E-state index in [1.165, 1.54) is 32.2 Å². The van der Waals surface area contributed by atoms with Crippen molar-refractivity contribution in [3.8, 4) is 0 Å². The van der Waals surface area contributed by atoms with Crippen LogP contribution in [0.1, 0.15) is 60.3 Å². The molecule has 0 unspecified atom stereocenters. The second-order valence-electron chi connectivity index (χ2n) is 5.42. The molecule has 0 saturated carbocycles. The highest BCUT2D eigenvalue weighted by Crippen LogP contribution is 2.08. The minimum Gasteiger partial charge on any atom is -0.312 e. The van der Waals surface area contributed by atoms with Crippen molar-refractivity contribution in [1.82, 2.24) is 5.32 Å². The fourth-order valence-corrected chi connectivity index (χ4v) is 1.32. The van der Waals surface area contributed by atoms with E-state index in [9.17, 15) is 0 Å². The largest absolute Gasteiger partial charge is 0.312 e. The van der Waals surface area contributed by atoms with Crippen LogP contribution in [0, 0.1) is 5.92 Å². The average molecular weight is 185 g/mol. The summed E-state index contributed by atoms with van der Waals surface area (Å²) in [7, 11) is 0. The van der Waals surface area contributed by atoms with E-state index < -0.39 is 0 Å². The minimum absolute atomic E-state index is 0.290. The van der Waals surface area contributed by atoms with E-state index in [2.05, 4.69) is 39.9 Å². The lowest BCUT2D eigenvalue weighted by molar-refractivity contribution is 0.412. The number of hydrogen-bond donors (Lipinski definition) is 1. The molecule has 0 fully saturated rings. The highest BCUT2D eigenvalue weighted by molar-refractivity contribution is 4.69. The maximum absolute atomic E-state index is 3.51. The topological polar surface area (TPSA) is 12.0 Å². The van der Waals surface area contributed by atoms with E-state index in [1.54, 1.807) is 0 Å². The summed E-state index contributed by atoms with van der Waals surface area (Å²) >= 11 is 0. The van der Waals surface area contributed by atoms with E-state index in [0.29, 0.717) is 0 Å². The van der Waals surface area contributed by atoms with Gasteiger partial charge in [0.1, 0.15) is 0 Å². The lowest BCUT2D eigenvalue weighted by atomic mass is 10.0. The van der Waals surface area contributed by atoms with Gasteiger partial charge in [0.05, 0.1) is 0 Å². The molecule has 0 aromatic rings. The van der Waals surface area contributed by atoms with Crippen molar-refractivity contribution in [3.05, 3.63) is 0 Å². The van der Waals surface area contributed by atoms with Gasteiger partial charge in [0.15, 0.2) is 0 Å². The molecule has 1 nitrogen and oxygen atoms in total. The maximum Gasteiger partial charge on any atom is 0.00965 e. The van der Waals surface area contributed by atoms with Crippen molar-refractivity contribution in [2.24, 2.45) is 5.92 Å². The molecule has 0 aromatic heterocycles. The molecule has 1 N–H and O–H groups in total. The Hall–Kier alpha value is -0.0400. The van der Waals surface area contributed by atoms with Gasteiger partial charge in [-0.3, -0.25) is 0 Å². The maximum atomic E-state index is 3.51. The Morgan fingerprint density at radius 1 is 1.00 bits per heavy atom. The first-order valence-electron chi connectivity index (χ1n) is 5.67. The molecule has 80 valence electrons. The van der Waals surface area contributed by atoms with Gasteiger partial charge < -0.3 is 5.32 Å². The summed E-state index contributed by atoms with van der Waals surface area (Å²) in [6.07, 6.45) is 5.48. The van der Waals surface area contributed by atoms with E-state index in [-0.39, 0.29) is 5.54 Å². The molecule has 0 aliphatic rings. The van der Waals surface area contributed by atoms with Gasteiger partial charge >= 0.3 is 0 Å². The van der Waals surface area contributed by atoms with Crippen molar-refractivity contribution in [3.63, 3.8) is 0 Å². The van der Waals surface area contributed by atoms with Crippen molar-refractivity contribution in [2.45, 2.75) is 65.8 Å². The molecule has 0 atom stereocenters. The van der Waals surface area contributed by atoms with Crippen LogP contribution in [0.15, 0.2) is 0 Å². The molecule has 13 heavy (non-hydrogen) atoms. The molecule has 1 heteroatoms. The minimum atomic E-state index is 0.290. The second-order valence-corrected chi connectivity index (χ2v) is 5.42. The number of nitrogens with one attached hydrogen (secondary N) is 1. The van der Waals surface area contributed by atoms with Crippen molar-refractivity contribution < 1.29 is 0 Å². The Balaban J connectivity index is 3.09. The Bertz CT molecular complexity index is 111. The molecule has 0 aliphatic carbocycles. The van der Waals surface area contributed by atoms with Crippen LogP contribution in [0.25, 0.3) is 0 Å². The summed E-state index contributed by atoms with van der Waals surface area (Å²) in [5.74, 6) is 0.871. The van der Waals surface area contributed by atoms with Gasteiger partial charge in [0.25, 0.3) is 0 Å². The molecule has 0 amide bonds. The van der Waals surface area contributed by atoms with Gasteiger partial charge in [-0.25, -0.2) is 0 Å². The first kappa shape index (κ1) is 13.0. The summed E-state index contributed by atoms with van der Waals surface area (Å²) in [4.78, 5) is 0. The van der Waals surface area contributed by atoms with Crippen LogP contribution in [-0.2, 0) is 0 Å². The zero-order chi connectivity index (χ0) is 10.3. The van der Waals surface area contributed by atoms with Crippen LogP contribution in [0.2, 0.25) is 0 Å². The van der Waals surface area contributed by atoms with Crippen LogP contribution in [-0.4, -0.2) is 12.1 Å². The summed E-state index contributed by atoms with van der Waals surface area (Å²) in [6, 6.07) is 0. The van der Waals surface area contributed by atoms with Gasteiger partial charge in [-0.2, -0.15) is 0 Å². The molecule has 0 rings (SSSR count). The molecule has 0 radical (unpaired) electrons. The first-order valence-corrected chi connectivity index (χ1v) is 5.67. The molecular weight excluding hydrogens is 158 g/mol. The predicted octanol–water partition coefficient (Wildman–Crippen LogP) is 3.59. The van der Waals surface area contributed by atoms with Gasteiger partial charge in [-0.15, -0.1) is 0 Å². The Morgan fingerprint density at radius 2 is 1.62 bits per heavy atom. The third kappa shape index (κ3) is 12.0. The SMILES string of the molecule is CC(C)CCCCCNC(C)(C)C. The van der Waals surface area contributed by atoms with Crippen molar-refractivity contribution in [2.75, 3.05) is 6.54 Å². The first-order chi connectivity index (χ1) is 5.92. The van der Waals surface area contributed by atoms with Crippen molar-refractivity contribution in [1.29, 1.82) is 0 Å². The lowest BCUT2D eigenvalue weighted by Gasteiger charge is -2.20. The van der Waals surface area contributed by atoms with E-state index in [0.717, 1.165) is 5.92 Å². The van der Waals surface area contributed by atoms with Crippen LogP contribution in [0.3, 0.4) is 0 Å². The fraction of sp³-hybridized carbons (Fsp3) is 1.00. The third-order valence-electron chi connectivity index (χ3n) is 2.11. The molecule has 0 bridgehead atoms.